The van der Waals surface area contributed by atoms with Gasteiger partial charge in [-0.25, -0.2) is 13.8 Å². The fraction of sp³-hybridized carbons (Fsp3) is 0.222. The molecule has 1 N–H and O–H groups in total. The van der Waals surface area contributed by atoms with Crippen molar-refractivity contribution < 1.29 is 13.6 Å². The SMILES string of the molecule is C[C@H](C(=O)Nc1ccc(F)c(F)c1)N(C)Cc1nc2ccccc2s1. The fourth-order valence-corrected chi connectivity index (χ4v) is 3.39. The van der Waals surface area contributed by atoms with Gasteiger partial charge in [0.05, 0.1) is 22.8 Å². The summed E-state index contributed by atoms with van der Waals surface area (Å²) >= 11 is 1.59. The maximum atomic E-state index is 13.2. The minimum Gasteiger partial charge on any atom is -0.325 e. The number of carbonyl (C=O) groups excluding carboxylic acids is 1. The fourth-order valence-electron chi connectivity index (χ4n) is 2.36. The maximum absolute atomic E-state index is 13.2. The van der Waals surface area contributed by atoms with E-state index in [0.29, 0.717) is 6.54 Å². The first-order chi connectivity index (χ1) is 11.9. The van der Waals surface area contributed by atoms with E-state index in [4.69, 9.17) is 0 Å². The lowest BCUT2D eigenvalue weighted by molar-refractivity contribution is -0.120. The van der Waals surface area contributed by atoms with Crippen LogP contribution in [0.5, 0.6) is 0 Å². The van der Waals surface area contributed by atoms with Crippen LogP contribution >= 0.6 is 11.3 Å². The van der Waals surface area contributed by atoms with Crippen molar-refractivity contribution in [3.8, 4) is 0 Å². The predicted molar refractivity (Wildman–Crippen MR) is 95.5 cm³/mol. The summed E-state index contributed by atoms with van der Waals surface area (Å²) in [6, 6.07) is 10.7. The number of para-hydroxylation sites is 1. The first-order valence-corrected chi connectivity index (χ1v) is 8.56. The minimum atomic E-state index is -0.992. The number of aromatic nitrogens is 1. The molecule has 25 heavy (non-hydrogen) atoms. The first-order valence-electron chi connectivity index (χ1n) is 7.74. The van der Waals surface area contributed by atoms with E-state index in [0.717, 1.165) is 27.4 Å². The Labute approximate surface area is 148 Å². The van der Waals surface area contributed by atoms with Gasteiger partial charge in [-0.05, 0) is 38.2 Å². The van der Waals surface area contributed by atoms with Gasteiger partial charge in [0.1, 0.15) is 5.01 Å². The van der Waals surface area contributed by atoms with Crippen molar-refractivity contribution >= 4 is 33.1 Å². The summed E-state index contributed by atoms with van der Waals surface area (Å²) in [5, 5.41) is 3.51. The van der Waals surface area contributed by atoms with Crippen molar-refractivity contribution in [2.24, 2.45) is 0 Å². The smallest absolute Gasteiger partial charge is 0.241 e. The van der Waals surface area contributed by atoms with E-state index in [9.17, 15) is 13.6 Å². The normalized spacial score (nSPS) is 12.5. The van der Waals surface area contributed by atoms with Gasteiger partial charge in [0.2, 0.25) is 5.91 Å². The average molecular weight is 361 g/mol. The van der Waals surface area contributed by atoms with Crippen LogP contribution in [-0.2, 0) is 11.3 Å². The molecule has 1 heterocycles. The Balaban J connectivity index is 1.65. The van der Waals surface area contributed by atoms with Gasteiger partial charge < -0.3 is 5.32 Å². The summed E-state index contributed by atoms with van der Waals surface area (Å²) in [4.78, 5) is 18.7. The van der Waals surface area contributed by atoms with Gasteiger partial charge >= 0.3 is 0 Å². The molecule has 1 atom stereocenters. The molecule has 0 aliphatic heterocycles. The lowest BCUT2D eigenvalue weighted by atomic mass is 10.2. The van der Waals surface area contributed by atoms with Gasteiger partial charge in [0.15, 0.2) is 11.6 Å². The van der Waals surface area contributed by atoms with Crippen molar-refractivity contribution in [1.29, 1.82) is 0 Å². The molecule has 2 aromatic carbocycles. The summed E-state index contributed by atoms with van der Waals surface area (Å²) in [6.07, 6.45) is 0. The number of fused-ring (bicyclic) bond motifs is 1. The van der Waals surface area contributed by atoms with E-state index in [1.54, 1.807) is 18.3 Å². The zero-order valence-corrected chi connectivity index (χ0v) is 14.6. The van der Waals surface area contributed by atoms with Crippen molar-refractivity contribution in [2.45, 2.75) is 19.5 Å². The topological polar surface area (TPSA) is 45.2 Å². The Morgan fingerprint density at radius 2 is 2.00 bits per heavy atom. The van der Waals surface area contributed by atoms with Crippen LogP contribution < -0.4 is 5.32 Å². The second kappa shape index (κ2) is 7.25. The number of rotatable bonds is 5. The van der Waals surface area contributed by atoms with Gasteiger partial charge in [-0.2, -0.15) is 0 Å². The summed E-state index contributed by atoms with van der Waals surface area (Å²) in [7, 11) is 1.82. The van der Waals surface area contributed by atoms with Crippen LogP contribution in [0.25, 0.3) is 10.2 Å². The molecule has 0 spiro atoms. The molecule has 0 bridgehead atoms. The number of amides is 1. The molecule has 1 aromatic heterocycles. The number of hydrogen-bond acceptors (Lipinski definition) is 4. The van der Waals surface area contributed by atoms with E-state index >= 15 is 0 Å². The van der Waals surface area contributed by atoms with Gasteiger partial charge in [0.25, 0.3) is 0 Å². The molecule has 1 amide bonds. The number of benzene rings is 2. The van der Waals surface area contributed by atoms with Crippen LogP contribution in [0.2, 0.25) is 0 Å². The van der Waals surface area contributed by atoms with E-state index < -0.39 is 17.7 Å². The molecule has 0 unspecified atom stereocenters. The highest BCUT2D eigenvalue weighted by Gasteiger charge is 2.20. The van der Waals surface area contributed by atoms with Gasteiger partial charge in [-0.15, -0.1) is 11.3 Å². The molecule has 0 aliphatic rings. The molecular weight excluding hydrogens is 344 g/mol. The molecular formula is C18H17F2N3OS. The zero-order valence-electron chi connectivity index (χ0n) is 13.8. The lowest BCUT2D eigenvalue weighted by Crippen LogP contribution is -2.39. The second-order valence-electron chi connectivity index (χ2n) is 5.78. The van der Waals surface area contributed by atoms with E-state index in [2.05, 4.69) is 10.3 Å². The highest BCUT2D eigenvalue weighted by molar-refractivity contribution is 7.18. The monoisotopic (exact) mass is 361 g/mol. The van der Waals surface area contributed by atoms with Crippen LogP contribution in [0.3, 0.4) is 0 Å². The van der Waals surface area contributed by atoms with Crippen LogP contribution in [0.15, 0.2) is 42.5 Å². The summed E-state index contributed by atoms with van der Waals surface area (Å²) in [5.41, 5.74) is 1.17. The number of hydrogen-bond donors (Lipinski definition) is 1. The highest BCUT2D eigenvalue weighted by atomic mass is 32.1. The van der Waals surface area contributed by atoms with Crippen LogP contribution in [0, 0.1) is 11.6 Å². The number of anilines is 1. The van der Waals surface area contributed by atoms with Crippen molar-refractivity contribution in [3.63, 3.8) is 0 Å². The molecule has 0 saturated carbocycles. The number of likely N-dealkylation sites (N-methyl/N-ethyl adjacent to an activating group) is 1. The third kappa shape index (κ3) is 4.00. The van der Waals surface area contributed by atoms with Gasteiger partial charge in [0, 0.05) is 11.8 Å². The molecule has 0 radical (unpaired) electrons. The zero-order chi connectivity index (χ0) is 18.0. The Morgan fingerprint density at radius 3 is 2.72 bits per heavy atom. The molecule has 0 fully saturated rings. The molecule has 0 saturated heterocycles. The number of thiazole rings is 1. The molecule has 7 heteroatoms. The Kier molecular flexibility index (Phi) is 5.06. The third-order valence-electron chi connectivity index (χ3n) is 3.95. The quantitative estimate of drug-likeness (QED) is 0.746. The van der Waals surface area contributed by atoms with Gasteiger partial charge in [-0.3, -0.25) is 9.69 Å². The van der Waals surface area contributed by atoms with Crippen molar-refractivity contribution in [1.82, 2.24) is 9.88 Å². The predicted octanol–water partition coefficient (Wildman–Crippen LogP) is 4.03. The van der Waals surface area contributed by atoms with E-state index in [-0.39, 0.29) is 11.6 Å². The lowest BCUT2D eigenvalue weighted by Gasteiger charge is -2.22. The number of halogens is 2. The second-order valence-corrected chi connectivity index (χ2v) is 6.90. The highest BCUT2D eigenvalue weighted by Crippen LogP contribution is 2.23. The average Bonchev–Trinajstić information content (AvgIpc) is 2.99. The molecule has 3 rings (SSSR count). The van der Waals surface area contributed by atoms with E-state index in [1.165, 1.54) is 6.07 Å². The molecule has 130 valence electrons. The number of nitrogens with zero attached hydrogens (tertiary/aromatic N) is 2. The number of carbonyl (C=O) groups is 1. The standard InChI is InChI=1S/C18H17F2N3OS/c1-11(18(24)21-12-7-8-13(19)14(20)9-12)23(2)10-17-22-15-5-3-4-6-16(15)25-17/h3-9,11H,10H2,1-2H3,(H,21,24)/t11-/m1/s1. The third-order valence-corrected chi connectivity index (χ3v) is 4.97. The van der Waals surface area contributed by atoms with E-state index in [1.807, 2.05) is 36.2 Å². The van der Waals surface area contributed by atoms with Crippen molar-refractivity contribution in [2.75, 3.05) is 12.4 Å². The summed E-state index contributed by atoms with van der Waals surface area (Å²) in [6.45, 7) is 2.27. The summed E-state index contributed by atoms with van der Waals surface area (Å²) < 4.78 is 27.3. The van der Waals surface area contributed by atoms with Crippen molar-refractivity contribution in [3.05, 3.63) is 59.1 Å². The Bertz CT molecular complexity index is 879. The van der Waals surface area contributed by atoms with Gasteiger partial charge in [-0.1, -0.05) is 12.1 Å². The minimum absolute atomic E-state index is 0.226. The Hall–Kier alpha value is -2.38. The van der Waals surface area contributed by atoms with Crippen LogP contribution in [0.1, 0.15) is 11.9 Å². The number of nitrogens with one attached hydrogen (secondary N) is 1. The first kappa shape index (κ1) is 17.4. The van der Waals surface area contributed by atoms with Crippen LogP contribution in [0.4, 0.5) is 14.5 Å². The molecule has 3 aromatic rings. The molecule has 4 nitrogen and oxygen atoms in total. The molecule has 0 aliphatic carbocycles. The largest absolute Gasteiger partial charge is 0.325 e. The van der Waals surface area contributed by atoms with Crippen LogP contribution in [-0.4, -0.2) is 28.9 Å². The Morgan fingerprint density at radius 1 is 1.24 bits per heavy atom. The maximum Gasteiger partial charge on any atom is 0.241 e. The summed E-state index contributed by atoms with van der Waals surface area (Å²) in [5.74, 6) is -2.23.